The van der Waals surface area contributed by atoms with Gasteiger partial charge in [-0.3, -0.25) is 4.79 Å². The molecule has 0 aromatic heterocycles. The van der Waals surface area contributed by atoms with Gasteiger partial charge in [0.1, 0.15) is 18.2 Å². The molecular formula is C28H32FNO3. The van der Waals surface area contributed by atoms with E-state index in [0.717, 1.165) is 29.5 Å². The highest BCUT2D eigenvalue weighted by atomic mass is 19.1. The number of benzene rings is 3. The van der Waals surface area contributed by atoms with Crippen molar-refractivity contribution < 1.29 is 19.0 Å². The van der Waals surface area contributed by atoms with Gasteiger partial charge in [0.2, 0.25) is 0 Å². The standard InChI is InChI=1S/C28H32FNO3/c1-18(2)11-12-20-13-21(17-33-26-10-5-4-7-22(26)16-27(31)32)15-23(14-20)25-9-6-8-24(19(3)30)28(25)29/h4-10,13-15,18-19H,11-12,16-17,30H2,1-3H3,(H,31,32)/t19-/m1/s1. The highest BCUT2D eigenvalue weighted by molar-refractivity contribution is 5.71. The van der Waals surface area contributed by atoms with Gasteiger partial charge in [-0.1, -0.05) is 62.4 Å². The van der Waals surface area contributed by atoms with E-state index in [0.29, 0.717) is 28.4 Å². The van der Waals surface area contributed by atoms with Gasteiger partial charge < -0.3 is 15.6 Å². The number of nitrogens with two attached hydrogens (primary N) is 1. The van der Waals surface area contributed by atoms with E-state index in [1.54, 1.807) is 37.3 Å². The molecule has 0 aliphatic carbocycles. The third-order valence-electron chi connectivity index (χ3n) is 5.60. The average Bonchev–Trinajstić information content (AvgIpc) is 2.76. The second-order valence-electron chi connectivity index (χ2n) is 8.94. The lowest BCUT2D eigenvalue weighted by atomic mass is 9.94. The first-order chi connectivity index (χ1) is 15.7. The van der Waals surface area contributed by atoms with Gasteiger partial charge in [0.05, 0.1) is 6.42 Å². The topological polar surface area (TPSA) is 72.5 Å². The van der Waals surface area contributed by atoms with E-state index in [9.17, 15) is 4.79 Å². The van der Waals surface area contributed by atoms with Gasteiger partial charge >= 0.3 is 5.97 Å². The molecule has 3 rings (SSSR count). The van der Waals surface area contributed by atoms with E-state index in [4.69, 9.17) is 15.6 Å². The quantitative estimate of drug-likeness (QED) is 0.381. The van der Waals surface area contributed by atoms with Crippen LogP contribution in [0.5, 0.6) is 5.75 Å². The van der Waals surface area contributed by atoms with Crippen LogP contribution in [0.2, 0.25) is 0 Å². The maximum absolute atomic E-state index is 15.2. The zero-order valence-corrected chi connectivity index (χ0v) is 19.5. The van der Waals surface area contributed by atoms with E-state index >= 15 is 4.39 Å². The van der Waals surface area contributed by atoms with Crippen LogP contribution in [0.25, 0.3) is 11.1 Å². The van der Waals surface area contributed by atoms with Crippen LogP contribution in [0.15, 0.2) is 60.7 Å². The second kappa shape index (κ2) is 11.1. The Hall–Kier alpha value is -3.18. The van der Waals surface area contributed by atoms with Gasteiger partial charge in [-0.25, -0.2) is 4.39 Å². The molecule has 3 N–H and O–H groups in total. The Labute approximate surface area is 195 Å². The van der Waals surface area contributed by atoms with E-state index < -0.39 is 12.0 Å². The molecule has 3 aromatic rings. The van der Waals surface area contributed by atoms with Gasteiger partial charge in [0.25, 0.3) is 0 Å². The number of aryl methyl sites for hydroxylation is 1. The molecule has 4 nitrogen and oxygen atoms in total. The van der Waals surface area contributed by atoms with Crippen molar-refractivity contribution in [3.63, 3.8) is 0 Å². The smallest absolute Gasteiger partial charge is 0.307 e. The molecular weight excluding hydrogens is 417 g/mol. The summed E-state index contributed by atoms with van der Waals surface area (Å²) >= 11 is 0. The fraction of sp³-hybridized carbons (Fsp3) is 0.321. The Morgan fingerprint density at radius 1 is 1.03 bits per heavy atom. The van der Waals surface area contributed by atoms with Gasteiger partial charge in [-0.2, -0.15) is 0 Å². The Bertz CT molecular complexity index is 1110. The van der Waals surface area contributed by atoms with Gasteiger partial charge in [0.15, 0.2) is 0 Å². The molecule has 3 aromatic carbocycles. The van der Waals surface area contributed by atoms with Crippen LogP contribution >= 0.6 is 0 Å². The van der Waals surface area contributed by atoms with Crippen molar-refractivity contribution in [1.29, 1.82) is 0 Å². The van der Waals surface area contributed by atoms with Crippen LogP contribution in [-0.2, 0) is 24.2 Å². The summed E-state index contributed by atoms with van der Waals surface area (Å²) in [6, 6.07) is 18.1. The maximum atomic E-state index is 15.2. The third-order valence-corrected chi connectivity index (χ3v) is 5.60. The number of rotatable bonds is 10. The van der Waals surface area contributed by atoms with Crippen molar-refractivity contribution in [1.82, 2.24) is 0 Å². The molecule has 5 heteroatoms. The summed E-state index contributed by atoms with van der Waals surface area (Å²) in [7, 11) is 0. The van der Waals surface area contributed by atoms with E-state index in [2.05, 4.69) is 19.9 Å². The Balaban J connectivity index is 1.95. The molecule has 0 fully saturated rings. The number of hydrogen-bond donors (Lipinski definition) is 2. The first-order valence-corrected chi connectivity index (χ1v) is 11.3. The molecule has 174 valence electrons. The molecule has 0 saturated carbocycles. The number of hydrogen-bond acceptors (Lipinski definition) is 3. The van der Waals surface area contributed by atoms with Crippen LogP contribution in [-0.4, -0.2) is 11.1 Å². The summed E-state index contributed by atoms with van der Waals surface area (Å²) in [4.78, 5) is 11.2. The zero-order chi connectivity index (χ0) is 24.0. The fourth-order valence-electron chi connectivity index (χ4n) is 3.84. The Kier molecular flexibility index (Phi) is 8.23. The minimum Gasteiger partial charge on any atom is -0.489 e. The number of carboxylic acids is 1. The number of carboxylic acid groups (broad SMARTS) is 1. The predicted molar refractivity (Wildman–Crippen MR) is 130 cm³/mol. The summed E-state index contributed by atoms with van der Waals surface area (Å²) in [5, 5.41) is 9.17. The molecule has 0 heterocycles. The molecule has 0 unspecified atom stereocenters. The lowest BCUT2D eigenvalue weighted by molar-refractivity contribution is -0.136. The first kappa shape index (κ1) is 24.5. The zero-order valence-electron chi connectivity index (χ0n) is 19.5. The van der Waals surface area contributed by atoms with Gasteiger partial charge in [-0.05, 0) is 54.5 Å². The summed E-state index contributed by atoms with van der Waals surface area (Å²) in [6.07, 6.45) is 1.79. The highest BCUT2D eigenvalue weighted by Gasteiger charge is 2.15. The van der Waals surface area contributed by atoms with Crippen LogP contribution < -0.4 is 10.5 Å². The summed E-state index contributed by atoms with van der Waals surface area (Å²) in [5.41, 5.74) is 10.4. The Morgan fingerprint density at radius 3 is 2.45 bits per heavy atom. The van der Waals surface area contributed by atoms with Crippen molar-refractivity contribution in [2.75, 3.05) is 0 Å². The van der Waals surface area contributed by atoms with Crippen molar-refractivity contribution in [2.45, 2.75) is 52.7 Å². The molecule has 0 amide bonds. The molecule has 0 aliphatic heterocycles. The van der Waals surface area contributed by atoms with Crippen molar-refractivity contribution in [3.05, 3.63) is 88.7 Å². The number of para-hydroxylation sites is 1. The molecule has 0 bridgehead atoms. The fourth-order valence-corrected chi connectivity index (χ4v) is 3.84. The average molecular weight is 450 g/mol. The third kappa shape index (κ3) is 6.65. The van der Waals surface area contributed by atoms with Gasteiger partial charge in [0, 0.05) is 22.7 Å². The van der Waals surface area contributed by atoms with E-state index in [1.807, 2.05) is 24.3 Å². The van der Waals surface area contributed by atoms with Gasteiger partial charge in [-0.15, -0.1) is 0 Å². The number of carbonyl (C=O) groups is 1. The molecule has 1 atom stereocenters. The van der Waals surface area contributed by atoms with Crippen LogP contribution in [0, 0.1) is 11.7 Å². The molecule has 33 heavy (non-hydrogen) atoms. The summed E-state index contributed by atoms with van der Waals surface area (Å²) in [5.74, 6) is -0.116. The molecule has 0 aliphatic rings. The first-order valence-electron chi connectivity index (χ1n) is 11.3. The SMILES string of the molecule is CC(C)CCc1cc(COc2ccccc2CC(=O)O)cc(-c2cccc([C@@H](C)N)c2F)c1. The number of halogens is 1. The minimum absolute atomic E-state index is 0.106. The molecule has 0 radical (unpaired) electrons. The number of aliphatic carboxylic acids is 1. The van der Waals surface area contributed by atoms with Crippen molar-refractivity contribution in [2.24, 2.45) is 11.7 Å². The predicted octanol–water partition coefficient (Wildman–Crippen LogP) is 6.31. The second-order valence-corrected chi connectivity index (χ2v) is 8.94. The number of ether oxygens (including phenoxy) is 1. The summed E-state index contributed by atoms with van der Waals surface area (Å²) < 4.78 is 21.3. The maximum Gasteiger partial charge on any atom is 0.307 e. The largest absolute Gasteiger partial charge is 0.489 e. The molecule has 0 spiro atoms. The lowest BCUT2D eigenvalue weighted by Crippen LogP contribution is -2.08. The van der Waals surface area contributed by atoms with Crippen molar-refractivity contribution >= 4 is 5.97 Å². The van der Waals surface area contributed by atoms with Crippen LogP contribution in [0.4, 0.5) is 4.39 Å². The monoisotopic (exact) mass is 449 g/mol. The van der Waals surface area contributed by atoms with E-state index in [-0.39, 0.29) is 18.8 Å². The lowest BCUT2D eigenvalue weighted by Gasteiger charge is -2.16. The van der Waals surface area contributed by atoms with E-state index in [1.165, 1.54) is 0 Å². The van der Waals surface area contributed by atoms with Crippen LogP contribution in [0.1, 0.15) is 55.5 Å². The van der Waals surface area contributed by atoms with Crippen LogP contribution in [0.3, 0.4) is 0 Å². The molecule has 0 saturated heterocycles. The summed E-state index contributed by atoms with van der Waals surface area (Å²) in [6.45, 7) is 6.39. The minimum atomic E-state index is -0.909. The van der Waals surface area contributed by atoms with Crippen molar-refractivity contribution in [3.8, 4) is 16.9 Å². The normalized spacial score (nSPS) is 12.1. The Morgan fingerprint density at radius 2 is 1.76 bits per heavy atom. The highest BCUT2D eigenvalue weighted by Crippen LogP contribution is 2.30.